The molecule has 0 aliphatic carbocycles. The maximum absolute atomic E-state index is 11.3. The highest BCUT2D eigenvalue weighted by Crippen LogP contribution is 2.29. The van der Waals surface area contributed by atoms with Crippen LogP contribution in [-0.2, 0) is 4.79 Å². The van der Waals surface area contributed by atoms with Crippen LogP contribution in [0, 0.1) is 5.41 Å². The van der Waals surface area contributed by atoms with Crippen molar-refractivity contribution in [2.75, 3.05) is 26.2 Å². The zero-order chi connectivity index (χ0) is 13.7. The number of hydrogen-bond acceptors (Lipinski definition) is 3. The summed E-state index contributed by atoms with van der Waals surface area (Å²) in [5, 5.41) is 9.26. The number of piperidine rings is 1. The van der Waals surface area contributed by atoms with Crippen molar-refractivity contribution in [3.63, 3.8) is 0 Å². The number of rotatable bonds is 5. The fourth-order valence-corrected chi connectivity index (χ4v) is 2.52. The summed E-state index contributed by atoms with van der Waals surface area (Å²) in [4.78, 5) is 13.4. The molecule has 4 heteroatoms. The van der Waals surface area contributed by atoms with E-state index in [1.54, 1.807) is 0 Å². The first-order valence-corrected chi connectivity index (χ1v) is 6.74. The zero-order valence-electron chi connectivity index (χ0n) is 11.3. The highest BCUT2D eigenvalue weighted by atomic mass is 16.5. The number of benzene rings is 1. The molecule has 1 aliphatic heterocycles. The first-order chi connectivity index (χ1) is 9.10. The minimum atomic E-state index is -0.693. The third kappa shape index (κ3) is 3.70. The van der Waals surface area contributed by atoms with E-state index in [9.17, 15) is 9.90 Å². The Kier molecular flexibility index (Phi) is 4.43. The molecule has 1 heterocycles. The Bertz CT molecular complexity index is 421. The third-order valence-electron chi connectivity index (χ3n) is 3.71. The molecule has 4 nitrogen and oxygen atoms in total. The molecule has 1 fully saturated rings. The summed E-state index contributed by atoms with van der Waals surface area (Å²) in [6.07, 6.45) is 1.70. The Morgan fingerprint density at radius 1 is 1.42 bits per heavy atom. The van der Waals surface area contributed by atoms with Gasteiger partial charge in [0.05, 0.1) is 5.41 Å². The molecule has 2 rings (SSSR count). The highest BCUT2D eigenvalue weighted by Gasteiger charge is 2.37. The van der Waals surface area contributed by atoms with E-state index >= 15 is 0 Å². The van der Waals surface area contributed by atoms with Gasteiger partial charge in [-0.25, -0.2) is 0 Å². The molecule has 104 valence electrons. The summed E-state index contributed by atoms with van der Waals surface area (Å²) >= 11 is 0. The summed E-state index contributed by atoms with van der Waals surface area (Å²) in [5.41, 5.74) is -0.606. The monoisotopic (exact) mass is 263 g/mol. The molecule has 1 aliphatic rings. The molecule has 0 radical (unpaired) electrons. The molecular weight excluding hydrogens is 242 g/mol. The SMILES string of the molecule is CC1(C(=O)O)CCCN(CCOc2ccccc2)C1. The van der Waals surface area contributed by atoms with Crippen molar-refractivity contribution in [3.05, 3.63) is 30.3 Å². The van der Waals surface area contributed by atoms with E-state index in [0.29, 0.717) is 13.2 Å². The van der Waals surface area contributed by atoms with Gasteiger partial charge in [0.25, 0.3) is 0 Å². The molecule has 1 N–H and O–H groups in total. The van der Waals surface area contributed by atoms with E-state index < -0.39 is 11.4 Å². The first kappa shape index (κ1) is 13.9. The molecule has 1 aromatic carbocycles. The lowest BCUT2D eigenvalue weighted by atomic mass is 9.82. The predicted octanol–water partition coefficient (Wildman–Crippen LogP) is 2.25. The lowest BCUT2D eigenvalue weighted by molar-refractivity contribution is -0.151. The number of carboxylic acid groups (broad SMARTS) is 1. The van der Waals surface area contributed by atoms with E-state index in [2.05, 4.69) is 4.90 Å². The van der Waals surface area contributed by atoms with Gasteiger partial charge in [-0.15, -0.1) is 0 Å². The van der Waals surface area contributed by atoms with Gasteiger partial charge in [-0.1, -0.05) is 18.2 Å². The summed E-state index contributed by atoms with van der Waals surface area (Å²) in [6, 6.07) is 9.69. The Morgan fingerprint density at radius 2 is 2.16 bits per heavy atom. The van der Waals surface area contributed by atoms with Crippen molar-refractivity contribution >= 4 is 5.97 Å². The number of ether oxygens (including phenoxy) is 1. The molecule has 0 amide bonds. The highest BCUT2D eigenvalue weighted by molar-refractivity contribution is 5.74. The van der Waals surface area contributed by atoms with Crippen LogP contribution in [0.1, 0.15) is 19.8 Å². The molecule has 1 atom stereocenters. The Labute approximate surface area is 114 Å². The van der Waals surface area contributed by atoms with Gasteiger partial charge in [0.1, 0.15) is 12.4 Å². The van der Waals surface area contributed by atoms with Crippen molar-refractivity contribution in [1.29, 1.82) is 0 Å². The number of carbonyl (C=O) groups is 1. The average molecular weight is 263 g/mol. The smallest absolute Gasteiger partial charge is 0.310 e. The van der Waals surface area contributed by atoms with Gasteiger partial charge in [-0.3, -0.25) is 9.69 Å². The number of nitrogens with zero attached hydrogens (tertiary/aromatic N) is 1. The molecular formula is C15H21NO3. The summed E-state index contributed by atoms with van der Waals surface area (Å²) in [5.74, 6) is 0.168. The quantitative estimate of drug-likeness (QED) is 0.885. The van der Waals surface area contributed by atoms with Gasteiger partial charge in [-0.05, 0) is 38.4 Å². The Hall–Kier alpha value is -1.55. The van der Waals surface area contributed by atoms with E-state index in [1.807, 2.05) is 37.3 Å². The summed E-state index contributed by atoms with van der Waals surface area (Å²) in [7, 11) is 0. The Morgan fingerprint density at radius 3 is 2.84 bits per heavy atom. The molecule has 0 spiro atoms. The fourth-order valence-electron chi connectivity index (χ4n) is 2.52. The molecule has 1 unspecified atom stereocenters. The van der Waals surface area contributed by atoms with Crippen molar-refractivity contribution < 1.29 is 14.6 Å². The second-order valence-corrected chi connectivity index (χ2v) is 5.41. The van der Waals surface area contributed by atoms with Crippen LogP contribution in [0.25, 0.3) is 0 Å². The van der Waals surface area contributed by atoms with Crippen LogP contribution in [0.5, 0.6) is 5.75 Å². The number of aliphatic carboxylic acids is 1. The molecule has 0 saturated carbocycles. The maximum Gasteiger partial charge on any atom is 0.310 e. The fraction of sp³-hybridized carbons (Fsp3) is 0.533. The molecule has 0 aromatic heterocycles. The van der Waals surface area contributed by atoms with Crippen LogP contribution in [0.3, 0.4) is 0 Å². The van der Waals surface area contributed by atoms with Crippen molar-refractivity contribution in [2.24, 2.45) is 5.41 Å². The van der Waals surface area contributed by atoms with E-state index in [4.69, 9.17) is 4.74 Å². The topological polar surface area (TPSA) is 49.8 Å². The van der Waals surface area contributed by atoms with Gasteiger partial charge in [0.15, 0.2) is 0 Å². The second kappa shape index (κ2) is 6.06. The standard InChI is InChI=1S/C15H21NO3/c1-15(14(17)18)8-5-9-16(12-15)10-11-19-13-6-3-2-4-7-13/h2-4,6-7H,5,8-12H2,1H3,(H,17,18). The van der Waals surface area contributed by atoms with Crippen LogP contribution in [0.2, 0.25) is 0 Å². The molecule has 1 aromatic rings. The van der Waals surface area contributed by atoms with Crippen LogP contribution >= 0.6 is 0 Å². The van der Waals surface area contributed by atoms with Crippen molar-refractivity contribution in [2.45, 2.75) is 19.8 Å². The van der Waals surface area contributed by atoms with Crippen LogP contribution in [0.15, 0.2) is 30.3 Å². The minimum Gasteiger partial charge on any atom is -0.492 e. The van der Waals surface area contributed by atoms with Gasteiger partial charge in [0, 0.05) is 13.1 Å². The van der Waals surface area contributed by atoms with Gasteiger partial charge >= 0.3 is 5.97 Å². The van der Waals surface area contributed by atoms with E-state index in [-0.39, 0.29) is 0 Å². The largest absolute Gasteiger partial charge is 0.492 e. The lowest BCUT2D eigenvalue weighted by Crippen LogP contribution is -2.47. The van der Waals surface area contributed by atoms with Gasteiger partial charge in [0.2, 0.25) is 0 Å². The third-order valence-corrected chi connectivity index (χ3v) is 3.71. The maximum atomic E-state index is 11.3. The molecule has 1 saturated heterocycles. The minimum absolute atomic E-state index is 0.597. The summed E-state index contributed by atoms with van der Waals surface area (Å²) in [6.45, 7) is 4.78. The summed E-state index contributed by atoms with van der Waals surface area (Å²) < 4.78 is 5.65. The number of para-hydroxylation sites is 1. The zero-order valence-corrected chi connectivity index (χ0v) is 11.3. The normalized spacial score (nSPS) is 24.1. The Balaban J connectivity index is 1.79. The second-order valence-electron chi connectivity index (χ2n) is 5.41. The predicted molar refractivity (Wildman–Crippen MR) is 73.4 cm³/mol. The van der Waals surface area contributed by atoms with Crippen LogP contribution < -0.4 is 4.74 Å². The van der Waals surface area contributed by atoms with E-state index in [1.165, 1.54) is 0 Å². The number of hydrogen-bond donors (Lipinski definition) is 1. The molecule has 19 heavy (non-hydrogen) atoms. The van der Waals surface area contributed by atoms with Gasteiger partial charge in [-0.2, -0.15) is 0 Å². The van der Waals surface area contributed by atoms with Gasteiger partial charge < -0.3 is 9.84 Å². The number of likely N-dealkylation sites (tertiary alicyclic amines) is 1. The van der Waals surface area contributed by atoms with Crippen molar-refractivity contribution in [3.8, 4) is 5.75 Å². The van der Waals surface area contributed by atoms with Crippen LogP contribution in [-0.4, -0.2) is 42.2 Å². The molecule has 0 bridgehead atoms. The van der Waals surface area contributed by atoms with Crippen LogP contribution in [0.4, 0.5) is 0 Å². The van der Waals surface area contributed by atoms with Crippen molar-refractivity contribution in [1.82, 2.24) is 4.90 Å². The average Bonchev–Trinajstić information content (AvgIpc) is 2.40. The lowest BCUT2D eigenvalue weighted by Gasteiger charge is -2.37. The first-order valence-electron chi connectivity index (χ1n) is 6.74. The number of carboxylic acids is 1. The van der Waals surface area contributed by atoms with E-state index in [0.717, 1.165) is 31.7 Å².